The van der Waals surface area contributed by atoms with Gasteiger partial charge in [-0.15, -0.1) is 0 Å². The summed E-state index contributed by atoms with van der Waals surface area (Å²) in [5.74, 6) is 0.783. The minimum atomic E-state index is -3.85. The summed E-state index contributed by atoms with van der Waals surface area (Å²) < 4.78 is 39.8. The van der Waals surface area contributed by atoms with E-state index in [1.54, 1.807) is 24.3 Å². The van der Waals surface area contributed by atoms with Gasteiger partial charge in [0.15, 0.2) is 5.76 Å². The molecular weight excluding hydrogens is 376 g/mol. The van der Waals surface area contributed by atoms with Crippen LogP contribution in [0.5, 0.6) is 5.75 Å². The average molecular weight is 398 g/mol. The van der Waals surface area contributed by atoms with E-state index < -0.39 is 10.0 Å². The molecule has 1 aliphatic rings. The maximum atomic E-state index is 13.2. The number of hydrogen-bond donors (Lipinski definition) is 1. The lowest BCUT2D eigenvalue weighted by molar-refractivity contribution is 0.402. The topological polar surface area (TPSA) is 81.4 Å². The largest absolute Gasteiger partial charge is 0.495 e. The van der Waals surface area contributed by atoms with E-state index in [2.05, 4.69) is 15.9 Å². The van der Waals surface area contributed by atoms with E-state index in [1.165, 1.54) is 12.7 Å². The summed E-state index contributed by atoms with van der Waals surface area (Å²) in [7, 11) is -2.39. The predicted octanol–water partition coefficient (Wildman–Crippen LogP) is 4.34. The number of methoxy groups -OCH3 is 1. The Morgan fingerprint density at radius 1 is 1.11 bits per heavy atom. The molecule has 0 radical (unpaired) electrons. The van der Waals surface area contributed by atoms with Gasteiger partial charge in [0.2, 0.25) is 0 Å². The Morgan fingerprint density at radius 2 is 1.93 bits per heavy atom. The monoisotopic (exact) mass is 398 g/mol. The van der Waals surface area contributed by atoms with E-state index in [-0.39, 0.29) is 10.6 Å². The smallest absolute Gasteiger partial charge is 0.265 e. The van der Waals surface area contributed by atoms with Crippen molar-refractivity contribution < 1.29 is 17.7 Å². The highest BCUT2D eigenvalue weighted by Gasteiger charge is 2.23. The highest BCUT2D eigenvalue weighted by molar-refractivity contribution is 7.92. The van der Waals surface area contributed by atoms with Gasteiger partial charge in [-0.05, 0) is 68.0 Å². The Bertz CT molecular complexity index is 1120. The minimum Gasteiger partial charge on any atom is -0.495 e. The van der Waals surface area contributed by atoms with Crippen LogP contribution in [0.15, 0.2) is 51.9 Å². The van der Waals surface area contributed by atoms with E-state index in [0.717, 1.165) is 36.9 Å². The van der Waals surface area contributed by atoms with Crippen LogP contribution in [-0.4, -0.2) is 20.7 Å². The third-order valence-corrected chi connectivity index (χ3v) is 6.39. The lowest BCUT2D eigenvalue weighted by Crippen LogP contribution is -2.17. The van der Waals surface area contributed by atoms with Crippen LogP contribution >= 0.6 is 0 Å². The van der Waals surface area contributed by atoms with E-state index in [1.807, 2.05) is 19.1 Å². The quantitative estimate of drug-likeness (QED) is 0.691. The summed E-state index contributed by atoms with van der Waals surface area (Å²) in [6, 6.07) is 12.5. The van der Waals surface area contributed by atoms with Crippen molar-refractivity contribution in [1.29, 1.82) is 0 Å². The molecule has 146 valence electrons. The Hall–Kier alpha value is -2.80. The lowest BCUT2D eigenvalue weighted by Gasteiger charge is -2.20. The molecule has 0 saturated heterocycles. The predicted molar refractivity (Wildman–Crippen MR) is 107 cm³/mol. The number of ether oxygens (including phenoxy) is 1. The molecule has 1 N–H and O–H groups in total. The molecule has 0 fully saturated rings. The van der Waals surface area contributed by atoms with E-state index in [9.17, 15) is 8.42 Å². The first-order valence-corrected chi connectivity index (χ1v) is 10.7. The van der Waals surface area contributed by atoms with Crippen LogP contribution in [0.2, 0.25) is 0 Å². The zero-order chi connectivity index (χ0) is 19.7. The van der Waals surface area contributed by atoms with Crippen molar-refractivity contribution in [1.82, 2.24) is 5.16 Å². The minimum absolute atomic E-state index is 0.0648. The molecule has 0 atom stereocenters. The Labute approximate surface area is 164 Å². The molecule has 0 spiro atoms. The Kier molecular flexibility index (Phi) is 4.85. The molecule has 0 aliphatic heterocycles. The fourth-order valence-electron chi connectivity index (χ4n) is 3.62. The number of sulfonamides is 1. The first kappa shape index (κ1) is 18.6. The molecule has 1 aromatic heterocycles. The molecule has 4 rings (SSSR count). The molecule has 3 aromatic rings. The SMILES string of the molecule is COc1ccc(-c2cc(C)no2)cc1S(=O)(=O)Nc1cccc2c1CCCC2. The average Bonchev–Trinajstić information content (AvgIpc) is 3.14. The fraction of sp³-hybridized carbons (Fsp3) is 0.286. The molecule has 28 heavy (non-hydrogen) atoms. The van der Waals surface area contributed by atoms with Crippen molar-refractivity contribution >= 4 is 15.7 Å². The number of benzene rings is 2. The van der Waals surface area contributed by atoms with Gasteiger partial charge in [-0.1, -0.05) is 17.3 Å². The van der Waals surface area contributed by atoms with Crippen molar-refractivity contribution in [2.45, 2.75) is 37.5 Å². The maximum absolute atomic E-state index is 13.2. The summed E-state index contributed by atoms with van der Waals surface area (Å²) in [4.78, 5) is 0.0648. The maximum Gasteiger partial charge on any atom is 0.265 e. The summed E-state index contributed by atoms with van der Waals surface area (Å²) in [6.45, 7) is 1.81. The second kappa shape index (κ2) is 7.31. The van der Waals surface area contributed by atoms with Crippen LogP contribution < -0.4 is 9.46 Å². The Balaban J connectivity index is 1.75. The van der Waals surface area contributed by atoms with Gasteiger partial charge in [0.1, 0.15) is 10.6 Å². The standard InChI is InChI=1S/C21H22N2O4S/c1-14-12-20(27-22-14)16-10-11-19(26-2)21(13-16)28(24,25)23-18-9-5-7-15-6-3-4-8-17(15)18/h5,7,9-13,23H,3-4,6,8H2,1-2H3. The van der Waals surface area contributed by atoms with Crippen molar-refractivity contribution in [2.24, 2.45) is 0 Å². The molecule has 2 aromatic carbocycles. The highest BCUT2D eigenvalue weighted by Crippen LogP contribution is 2.34. The molecule has 7 heteroatoms. The number of hydrogen-bond acceptors (Lipinski definition) is 5. The van der Waals surface area contributed by atoms with Gasteiger partial charge < -0.3 is 9.26 Å². The van der Waals surface area contributed by atoms with Gasteiger partial charge in [0.05, 0.1) is 18.5 Å². The number of nitrogens with one attached hydrogen (secondary N) is 1. The molecule has 1 heterocycles. The van der Waals surface area contributed by atoms with Gasteiger partial charge in [-0.25, -0.2) is 8.42 Å². The van der Waals surface area contributed by atoms with E-state index in [4.69, 9.17) is 9.26 Å². The normalized spacial score (nSPS) is 13.8. The second-order valence-corrected chi connectivity index (χ2v) is 8.60. The summed E-state index contributed by atoms with van der Waals surface area (Å²) >= 11 is 0. The van der Waals surface area contributed by atoms with E-state index in [0.29, 0.717) is 17.0 Å². The van der Waals surface area contributed by atoms with Gasteiger partial charge in [0.25, 0.3) is 10.0 Å². The van der Waals surface area contributed by atoms with Crippen molar-refractivity contribution in [3.8, 4) is 17.1 Å². The van der Waals surface area contributed by atoms with Crippen LogP contribution in [0.4, 0.5) is 5.69 Å². The molecule has 6 nitrogen and oxygen atoms in total. The molecule has 0 unspecified atom stereocenters. The summed E-state index contributed by atoms with van der Waals surface area (Å²) in [6.07, 6.45) is 4.06. The first-order chi connectivity index (χ1) is 13.5. The second-order valence-electron chi connectivity index (χ2n) is 6.95. The van der Waals surface area contributed by atoms with Crippen LogP contribution in [0.3, 0.4) is 0 Å². The molecule has 0 bridgehead atoms. The lowest BCUT2D eigenvalue weighted by atomic mass is 9.91. The van der Waals surface area contributed by atoms with Crippen LogP contribution in [0, 0.1) is 6.92 Å². The third kappa shape index (κ3) is 3.49. The van der Waals surface area contributed by atoms with Crippen molar-refractivity contribution in [3.05, 3.63) is 59.3 Å². The van der Waals surface area contributed by atoms with Crippen LogP contribution in [0.25, 0.3) is 11.3 Å². The van der Waals surface area contributed by atoms with Crippen molar-refractivity contribution in [3.63, 3.8) is 0 Å². The third-order valence-electron chi connectivity index (χ3n) is 5.01. The molecule has 0 amide bonds. The van der Waals surface area contributed by atoms with Crippen LogP contribution in [0.1, 0.15) is 29.7 Å². The zero-order valence-corrected chi connectivity index (χ0v) is 16.7. The van der Waals surface area contributed by atoms with Crippen LogP contribution in [-0.2, 0) is 22.9 Å². The first-order valence-electron chi connectivity index (χ1n) is 9.23. The van der Waals surface area contributed by atoms with Crippen molar-refractivity contribution in [2.75, 3.05) is 11.8 Å². The number of rotatable bonds is 5. The number of aromatic nitrogens is 1. The number of fused-ring (bicyclic) bond motifs is 1. The van der Waals surface area contributed by atoms with Gasteiger partial charge in [0, 0.05) is 11.6 Å². The van der Waals surface area contributed by atoms with E-state index >= 15 is 0 Å². The number of aryl methyl sites for hydroxylation is 2. The molecular formula is C21H22N2O4S. The highest BCUT2D eigenvalue weighted by atomic mass is 32.2. The fourth-order valence-corrected chi connectivity index (χ4v) is 4.91. The van der Waals surface area contributed by atoms with Gasteiger partial charge in [-0.2, -0.15) is 0 Å². The molecule has 0 saturated carbocycles. The van der Waals surface area contributed by atoms with Gasteiger partial charge in [-0.3, -0.25) is 4.72 Å². The summed E-state index contributed by atoms with van der Waals surface area (Å²) in [5.41, 5.74) is 4.28. The molecule has 1 aliphatic carbocycles. The Morgan fingerprint density at radius 3 is 2.68 bits per heavy atom. The summed E-state index contributed by atoms with van der Waals surface area (Å²) in [5, 5.41) is 3.87. The number of nitrogens with zero attached hydrogens (tertiary/aromatic N) is 1. The van der Waals surface area contributed by atoms with Gasteiger partial charge >= 0.3 is 0 Å². The zero-order valence-electron chi connectivity index (χ0n) is 15.9. The number of anilines is 1.